The van der Waals surface area contributed by atoms with Gasteiger partial charge in [-0.1, -0.05) is 32.9 Å². The van der Waals surface area contributed by atoms with Crippen molar-refractivity contribution in [2.45, 2.75) is 51.9 Å². The Morgan fingerprint density at radius 1 is 1.05 bits per heavy atom. The molecule has 0 bridgehead atoms. The second-order valence-corrected chi connectivity index (χ2v) is 5.77. The summed E-state index contributed by atoms with van der Waals surface area (Å²) in [6.45, 7) is 8.71. The van der Waals surface area contributed by atoms with Crippen LogP contribution in [0.4, 0.5) is 0 Å². The Balaban J connectivity index is 2.32. The van der Waals surface area contributed by atoms with Crippen LogP contribution in [0.3, 0.4) is 0 Å². The molecule has 2 heteroatoms. The molecule has 0 aliphatic carbocycles. The van der Waals surface area contributed by atoms with E-state index in [0.717, 1.165) is 31.7 Å². The summed E-state index contributed by atoms with van der Waals surface area (Å²) in [5, 5.41) is 3.16. The second kappa shape index (κ2) is 8.21. The maximum absolute atomic E-state index is 5.77. The van der Waals surface area contributed by atoms with Crippen molar-refractivity contribution in [3.63, 3.8) is 0 Å². The monoisotopic (exact) mass is 263 g/mol. The van der Waals surface area contributed by atoms with Gasteiger partial charge in [-0.15, -0.1) is 0 Å². The molecular weight excluding hydrogens is 234 g/mol. The van der Waals surface area contributed by atoms with Gasteiger partial charge in [-0.05, 0) is 62.4 Å². The molecular formula is C17H29NO. The molecule has 1 rings (SSSR count). The van der Waals surface area contributed by atoms with Crippen molar-refractivity contribution in [3.8, 4) is 5.75 Å². The molecule has 1 aromatic carbocycles. The van der Waals surface area contributed by atoms with E-state index in [-0.39, 0.29) is 5.41 Å². The predicted octanol–water partition coefficient (Wildman–Crippen LogP) is 4.14. The first kappa shape index (κ1) is 16.0. The number of hydrogen-bond acceptors (Lipinski definition) is 2. The lowest BCUT2D eigenvalue weighted by Gasteiger charge is -2.23. The van der Waals surface area contributed by atoms with E-state index in [1.165, 1.54) is 18.4 Å². The van der Waals surface area contributed by atoms with E-state index in [0.29, 0.717) is 0 Å². The number of hydrogen-bond donors (Lipinski definition) is 1. The van der Waals surface area contributed by atoms with Crippen LogP contribution in [0.25, 0.3) is 0 Å². The molecule has 0 spiro atoms. The van der Waals surface area contributed by atoms with E-state index < -0.39 is 0 Å². The Morgan fingerprint density at radius 3 is 2.32 bits per heavy atom. The highest BCUT2D eigenvalue weighted by Crippen LogP contribution is 2.28. The van der Waals surface area contributed by atoms with Crippen LogP contribution in [-0.2, 0) is 5.41 Å². The van der Waals surface area contributed by atoms with Crippen LogP contribution in [0.15, 0.2) is 24.3 Å². The minimum Gasteiger partial charge on any atom is -0.494 e. The van der Waals surface area contributed by atoms with E-state index >= 15 is 0 Å². The van der Waals surface area contributed by atoms with Crippen molar-refractivity contribution in [3.05, 3.63) is 29.8 Å². The molecule has 0 amide bonds. The summed E-state index contributed by atoms with van der Waals surface area (Å²) < 4.78 is 5.77. The average Bonchev–Trinajstić information content (AvgIpc) is 2.43. The molecule has 0 saturated heterocycles. The van der Waals surface area contributed by atoms with Gasteiger partial charge in [0.1, 0.15) is 5.75 Å². The molecule has 0 aromatic heterocycles. The number of nitrogens with one attached hydrogen (secondary N) is 1. The minimum atomic E-state index is 0.256. The maximum Gasteiger partial charge on any atom is 0.119 e. The lowest BCUT2D eigenvalue weighted by Crippen LogP contribution is -2.15. The SMILES string of the molecule is CCC(C)(C)c1ccc(OCCCCCNC)cc1. The maximum atomic E-state index is 5.77. The summed E-state index contributed by atoms with van der Waals surface area (Å²) >= 11 is 0. The van der Waals surface area contributed by atoms with Gasteiger partial charge in [0.25, 0.3) is 0 Å². The lowest BCUT2D eigenvalue weighted by molar-refractivity contribution is 0.305. The number of benzene rings is 1. The summed E-state index contributed by atoms with van der Waals surface area (Å²) in [6.07, 6.45) is 4.73. The molecule has 0 aliphatic rings. The number of unbranched alkanes of at least 4 members (excludes halogenated alkanes) is 2. The van der Waals surface area contributed by atoms with Crippen LogP contribution in [0.1, 0.15) is 52.0 Å². The summed E-state index contributed by atoms with van der Waals surface area (Å²) in [6, 6.07) is 8.58. The normalized spacial score (nSPS) is 11.6. The van der Waals surface area contributed by atoms with E-state index in [4.69, 9.17) is 4.74 Å². The molecule has 0 saturated carbocycles. The van der Waals surface area contributed by atoms with Crippen molar-refractivity contribution >= 4 is 0 Å². The third-order valence-electron chi connectivity index (χ3n) is 3.86. The fraction of sp³-hybridized carbons (Fsp3) is 0.647. The third kappa shape index (κ3) is 5.65. The van der Waals surface area contributed by atoms with Crippen LogP contribution in [0, 0.1) is 0 Å². The van der Waals surface area contributed by atoms with Gasteiger partial charge in [-0.2, -0.15) is 0 Å². The molecule has 1 aromatic rings. The third-order valence-corrected chi connectivity index (χ3v) is 3.86. The number of rotatable bonds is 9. The molecule has 0 atom stereocenters. The molecule has 2 nitrogen and oxygen atoms in total. The topological polar surface area (TPSA) is 21.3 Å². The molecule has 1 N–H and O–H groups in total. The zero-order chi connectivity index (χ0) is 14.1. The van der Waals surface area contributed by atoms with Gasteiger partial charge in [0.05, 0.1) is 6.61 Å². The molecule has 0 unspecified atom stereocenters. The van der Waals surface area contributed by atoms with Gasteiger partial charge in [0, 0.05) is 0 Å². The van der Waals surface area contributed by atoms with Crippen LogP contribution in [0.2, 0.25) is 0 Å². The molecule has 0 fully saturated rings. The van der Waals surface area contributed by atoms with E-state index in [1.54, 1.807) is 0 Å². The Labute approximate surface area is 118 Å². The first-order chi connectivity index (χ1) is 9.10. The zero-order valence-electron chi connectivity index (χ0n) is 13.0. The Hall–Kier alpha value is -1.02. The van der Waals surface area contributed by atoms with Crippen LogP contribution >= 0.6 is 0 Å². The van der Waals surface area contributed by atoms with Gasteiger partial charge in [0.2, 0.25) is 0 Å². The summed E-state index contributed by atoms with van der Waals surface area (Å²) in [5.41, 5.74) is 1.64. The summed E-state index contributed by atoms with van der Waals surface area (Å²) in [5.74, 6) is 0.990. The van der Waals surface area contributed by atoms with E-state index in [2.05, 4.69) is 50.4 Å². The molecule has 108 valence electrons. The Bertz CT molecular complexity index is 343. The van der Waals surface area contributed by atoms with Crippen molar-refractivity contribution in [1.82, 2.24) is 5.32 Å². The highest BCUT2D eigenvalue weighted by molar-refractivity contribution is 5.31. The van der Waals surface area contributed by atoms with Crippen LogP contribution in [-0.4, -0.2) is 20.2 Å². The van der Waals surface area contributed by atoms with Crippen molar-refractivity contribution in [2.75, 3.05) is 20.2 Å². The molecule has 0 radical (unpaired) electrons. The first-order valence-electron chi connectivity index (χ1n) is 7.48. The zero-order valence-corrected chi connectivity index (χ0v) is 13.0. The highest BCUT2D eigenvalue weighted by Gasteiger charge is 2.17. The lowest BCUT2D eigenvalue weighted by atomic mass is 9.82. The largest absolute Gasteiger partial charge is 0.494 e. The fourth-order valence-corrected chi connectivity index (χ4v) is 1.98. The van der Waals surface area contributed by atoms with Gasteiger partial charge < -0.3 is 10.1 Å². The smallest absolute Gasteiger partial charge is 0.119 e. The van der Waals surface area contributed by atoms with Crippen LogP contribution in [0.5, 0.6) is 5.75 Å². The predicted molar refractivity (Wildman–Crippen MR) is 83.0 cm³/mol. The van der Waals surface area contributed by atoms with Gasteiger partial charge in [-0.3, -0.25) is 0 Å². The fourth-order valence-electron chi connectivity index (χ4n) is 1.98. The van der Waals surface area contributed by atoms with E-state index in [9.17, 15) is 0 Å². The summed E-state index contributed by atoms with van der Waals surface area (Å²) in [4.78, 5) is 0. The van der Waals surface area contributed by atoms with Crippen LogP contribution < -0.4 is 10.1 Å². The molecule has 0 aliphatic heterocycles. The molecule has 0 heterocycles. The van der Waals surface area contributed by atoms with Crippen molar-refractivity contribution in [1.29, 1.82) is 0 Å². The van der Waals surface area contributed by atoms with Crippen molar-refractivity contribution < 1.29 is 4.74 Å². The van der Waals surface area contributed by atoms with E-state index in [1.807, 2.05) is 7.05 Å². The highest BCUT2D eigenvalue weighted by atomic mass is 16.5. The average molecular weight is 263 g/mol. The standard InChI is InChI=1S/C17H29NO/c1-5-17(2,3)15-9-11-16(12-10-15)19-14-8-6-7-13-18-4/h9-12,18H,5-8,13-14H2,1-4H3. The molecule has 19 heavy (non-hydrogen) atoms. The Kier molecular flexibility index (Phi) is 6.93. The van der Waals surface area contributed by atoms with Gasteiger partial charge in [-0.25, -0.2) is 0 Å². The van der Waals surface area contributed by atoms with Crippen molar-refractivity contribution in [2.24, 2.45) is 0 Å². The second-order valence-electron chi connectivity index (χ2n) is 5.77. The number of ether oxygens (including phenoxy) is 1. The van der Waals surface area contributed by atoms with Gasteiger partial charge >= 0.3 is 0 Å². The Morgan fingerprint density at radius 2 is 1.74 bits per heavy atom. The minimum absolute atomic E-state index is 0.256. The summed E-state index contributed by atoms with van der Waals surface area (Å²) in [7, 11) is 2.00. The first-order valence-corrected chi connectivity index (χ1v) is 7.48. The van der Waals surface area contributed by atoms with Gasteiger partial charge in [0.15, 0.2) is 0 Å². The quantitative estimate of drug-likeness (QED) is 0.676.